The molecule has 0 spiro atoms. The third kappa shape index (κ3) is 4.37. The average molecular weight is 396 g/mol. The molecule has 0 saturated heterocycles. The van der Waals surface area contributed by atoms with E-state index in [0.29, 0.717) is 10.3 Å². The highest BCUT2D eigenvalue weighted by Crippen LogP contribution is 2.25. The summed E-state index contributed by atoms with van der Waals surface area (Å²) >= 11 is 0. The second-order valence-corrected chi connectivity index (χ2v) is 8.59. The minimum absolute atomic E-state index is 0.0427. The lowest BCUT2D eigenvalue weighted by Gasteiger charge is -2.20. The Kier molecular flexibility index (Phi) is 5.46. The smallest absolute Gasteiger partial charge is 0.318 e. The molecule has 2 aromatic carbocycles. The Labute approximate surface area is 164 Å². The number of sulfone groups is 1. The largest absolute Gasteiger partial charge is 0.618 e. The predicted octanol–water partition coefficient (Wildman–Crippen LogP) is 2.55. The van der Waals surface area contributed by atoms with Gasteiger partial charge in [0.2, 0.25) is 0 Å². The van der Waals surface area contributed by atoms with Crippen molar-refractivity contribution in [1.82, 2.24) is 5.32 Å². The number of benzene rings is 2. The number of pyridine rings is 1. The summed E-state index contributed by atoms with van der Waals surface area (Å²) in [7, 11) is -3.40. The van der Waals surface area contributed by atoms with Gasteiger partial charge in [-0.2, -0.15) is 4.73 Å². The van der Waals surface area contributed by atoms with E-state index in [4.69, 9.17) is 0 Å². The number of nitrogens with zero attached hydrogens (tertiary/aromatic N) is 1. The van der Waals surface area contributed by atoms with Crippen LogP contribution in [0.4, 0.5) is 0 Å². The second kappa shape index (κ2) is 7.82. The number of hydrogen-bond donors (Lipinski definition) is 1. The number of aryl methyl sites for hydroxylation is 1. The van der Waals surface area contributed by atoms with Gasteiger partial charge in [0.15, 0.2) is 16.0 Å². The minimum atomic E-state index is -3.40. The number of carbonyl (C=O) groups excluding carboxylic acids is 1. The first-order valence-electron chi connectivity index (χ1n) is 8.61. The third-order valence-electron chi connectivity index (χ3n) is 4.36. The van der Waals surface area contributed by atoms with Gasteiger partial charge in [0.05, 0.1) is 10.9 Å². The summed E-state index contributed by atoms with van der Waals surface area (Å²) < 4.78 is 24.4. The van der Waals surface area contributed by atoms with Crippen LogP contribution in [0.3, 0.4) is 0 Å². The first-order chi connectivity index (χ1) is 13.3. The highest BCUT2D eigenvalue weighted by atomic mass is 32.2. The van der Waals surface area contributed by atoms with Crippen LogP contribution in [0.2, 0.25) is 0 Å². The van der Waals surface area contributed by atoms with Gasteiger partial charge in [-0.15, -0.1) is 0 Å². The summed E-state index contributed by atoms with van der Waals surface area (Å²) in [5.74, 6) is -0.550. The van der Waals surface area contributed by atoms with E-state index < -0.39 is 21.8 Å². The maximum Gasteiger partial charge on any atom is 0.318 e. The van der Waals surface area contributed by atoms with E-state index in [1.165, 1.54) is 30.5 Å². The molecule has 1 N–H and O–H groups in total. The van der Waals surface area contributed by atoms with Crippen LogP contribution in [0.1, 0.15) is 33.2 Å². The summed E-state index contributed by atoms with van der Waals surface area (Å²) in [5.41, 5.74) is 2.39. The molecule has 0 fully saturated rings. The van der Waals surface area contributed by atoms with Crippen molar-refractivity contribution >= 4 is 15.7 Å². The van der Waals surface area contributed by atoms with Crippen molar-refractivity contribution in [3.8, 4) is 0 Å². The molecular weight excluding hydrogens is 376 g/mol. The van der Waals surface area contributed by atoms with Gasteiger partial charge in [0.25, 0.3) is 5.69 Å². The van der Waals surface area contributed by atoms with E-state index >= 15 is 0 Å². The molecule has 1 unspecified atom stereocenters. The first-order valence-corrected chi connectivity index (χ1v) is 10.5. The Bertz CT molecular complexity index is 1110. The van der Waals surface area contributed by atoms with Gasteiger partial charge < -0.3 is 10.5 Å². The summed E-state index contributed by atoms with van der Waals surface area (Å²) in [4.78, 5) is 12.9. The SMILES string of the molecule is Cc1ccc(C(NC(=O)c2cccc[n+]2[O-])c2cccc(S(C)(=O)=O)c2)cc1. The van der Waals surface area contributed by atoms with Crippen molar-refractivity contribution in [2.24, 2.45) is 0 Å². The molecule has 1 heterocycles. The number of nitrogens with one attached hydrogen (secondary N) is 1. The monoisotopic (exact) mass is 396 g/mol. The fraction of sp³-hybridized carbons (Fsp3) is 0.143. The van der Waals surface area contributed by atoms with E-state index in [9.17, 15) is 18.4 Å². The lowest BCUT2D eigenvalue weighted by Crippen LogP contribution is -2.40. The molecule has 144 valence electrons. The Hall–Kier alpha value is -3.19. The molecular formula is C21H20N2O4S. The normalized spacial score (nSPS) is 12.4. The van der Waals surface area contributed by atoms with Crippen LogP contribution >= 0.6 is 0 Å². The Morgan fingerprint density at radius 1 is 1.00 bits per heavy atom. The molecule has 1 atom stereocenters. The molecule has 0 aliphatic rings. The van der Waals surface area contributed by atoms with E-state index in [0.717, 1.165) is 17.4 Å². The number of carbonyl (C=O) groups is 1. The average Bonchev–Trinajstić information content (AvgIpc) is 2.66. The van der Waals surface area contributed by atoms with Crippen LogP contribution in [-0.4, -0.2) is 20.6 Å². The Morgan fingerprint density at radius 2 is 1.71 bits per heavy atom. The van der Waals surface area contributed by atoms with Gasteiger partial charge in [0, 0.05) is 18.4 Å². The Balaban J connectivity index is 2.05. The van der Waals surface area contributed by atoms with Crippen molar-refractivity contribution in [3.63, 3.8) is 0 Å². The summed E-state index contributed by atoms with van der Waals surface area (Å²) in [6.45, 7) is 1.95. The van der Waals surface area contributed by atoms with Crippen molar-refractivity contribution in [2.45, 2.75) is 17.9 Å². The van der Waals surface area contributed by atoms with Crippen LogP contribution in [0.25, 0.3) is 0 Å². The van der Waals surface area contributed by atoms with Crippen molar-refractivity contribution in [2.75, 3.05) is 6.26 Å². The van der Waals surface area contributed by atoms with E-state index in [1.54, 1.807) is 18.2 Å². The van der Waals surface area contributed by atoms with Crippen LogP contribution in [0.5, 0.6) is 0 Å². The lowest BCUT2D eigenvalue weighted by molar-refractivity contribution is -0.607. The highest BCUT2D eigenvalue weighted by molar-refractivity contribution is 7.90. The first kappa shape index (κ1) is 19.6. The topological polar surface area (TPSA) is 90.2 Å². The van der Waals surface area contributed by atoms with Gasteiger partial charge in [0.1, 0.15) is 0 Å². The second-order valence-electron chi connectivity index (χ2n) is 6.57. The molecule has 6 nitrogen and oxygen atoms in total. The van der Waals surface area contributed by atoms with Gasteiger partial charge >= 0.3 is 5.91 Å². The van der Waals surface area contributed by atoms with E-state index in [-0.39, 0.29) is 10.6 Å². The zero-order chi connectivity index (χ0) is 20.3. The van der Waals surface area contributed by atoms with Crippen molar-refractivity contribution < 1.29 is 17.9 Å². The molecule has 7 heteroatoms. The number of aromatic nitrogens is 1. The van der Waals surface area contributed by atoms with Gasteiger partial charge in [-0.25, -0.2) is 8.42 Å². The lowest BCUT2D eigenvalue weighted by atomic mass is 9.97. The summed E-state index contributed by atoms with van der Waals surface area (Å²) in [6.07, 6.45) is 2.38. The zero-order valence-electron chi connectivity index (χ0n) is 15.5. The molecule has 3 rings (SSSR count). The molecule has 0 saturated carbocycles. The van der Waals surface area contributed by atoms with Crippen LogP contribution < -0.4 is 10.0 Å². The molecule has 1 aromatic heterocycles. The van der Waals surface area contributed by atoms with E-state index in [2.05, 4.69) is 5.32 Å². The summed E-state index contributed by atoms with van der Waals surface area (Å²) in [6, 6.07) is 17.9. The van der Waals surface area contributed by atoms with Crippen molar-refractivity contribution in [1.29, 1.82) is 0 Å². The fourth-order valence-electron chi connectivity index (χ4n) is 2.85. The molecule has 28 heavy (non-hydrogen) atoms. The molecule has 3 aromatic rings. The van der Waals surface area contributed by atoms with Crippen molar-refractivity contribution in [3.05, 3.63) is 101 Å². The predicted molar refractivity (Wildman–Crippen MR) is 105 cm³/mol. The maximum absolute atomic E-state index is 12.7. The molecule has 0 aliphatic heterocycles. The molecule has 0 bridgehead atoms. The van der Waals surface area contributed by atoms with Crippen LogP contribution in [-0.2, 0) is 9.84 Å². The standard InChI is InChI=1S/C21H20N2O4S/c1-15-9-11-16(12-10-15)20(17-6-5-7-18(14-17)28(2,26)27)22-21(24)19-8-3-4-13-23(19)25/h3-14,20H,1-2H3,(H,22,24). The van der Waals surface area contributed by atoms with Gasteiger partial charge in [-0.3, -0.25) is 4.79 Å². The van der Waals surface area contributed by atoms with Crippen LogP contribution in [0.15, 0.2) is 77.8 Å². The number of hydrogen-bond acceptors (Lipinski definition) is 4. The Morgan fingerprint density at radius 3 is 2.36 bits per heavy atom. The highest BCUT2D eigenvalue weighted by Gasteiger charge is 2.23. The number of amides is 1. The minimum Gasteiger partial charge on any atom is -0.618 e. The van der Waals surface area contributed by atoms with Gasteiger partial charge in [-0.05, 0) is 36.2 Å². The maximum atomic E-state index is 12.7. The summed E-state index contributed by atoms with van der Waals surface area (Å²) in [5, 5.41) is 14.8. The van der Waals surface area contributed by atoms with Crippen LogP contribution in [0, 0.1) is 12.1 Å². The molecule has 0 aliphatic carbocycles. The molecule has 0 radical (unpaired) electrons. The molecule has 1 amide bonds. The number of rotatable bonds is 5. The third-order valence-corrected chi connectivity index (χ3v) is 5.47. The fourth-order valence-corrected chi connectivity index (χ4v) is 3.53. The quantitative estimate of drug-likeness (QED) is 0.530. The van der Waals surface area contributed by atoms with Gasteiger partial charge in [-0.1, -0.05) is 42.0 Å². The van der Waals surface area contributed by atoms with E-state index in [1.807, 2.05) is 31.2 Å². The zero-order valence-corrected chi connectivity index (χ0v) is 16.3.